The molecule has 0 aliphatic rings. The van der Waals surface area contributed by atoms with E-state index in [9.17, 15) is 0 Å². The van der Waals surface area contributed by atoms with Crippen LogP contribution >= 0.6 is 0 Å². The number of pyridine rings is 1. The lowest BCUT2D eigenvalue weighted by Gasteiger charge is -2.41. The summed E-state index contributed by atoms with van der Waals surface area (Å²) >= 11 is 0. The second-order valence-corrected chi connectivity index (χ2v) is 9.33. The third kappa shape index (κ3) is 2.46. The first kappa shape index (κ1) is 13.2. The smallest absolute Gasteiger partial charge is 0.157 e. The molecule has 0 spiro atoms. The molecule has 16 heavy (non-hydrogen) atoms. The van der Waals surface area contributed by atoms with Gasteiger partial charge < -0.3 is 4.57 Å². The van der Waals surface area contributed by atoms with Crippen LogP contribution in [0.3, 0.4) is 0 Å². The van der Waals surface area contributed by atoms with Crippen molar-refractivity contribution >= 4 is 14.1 Å². The zero-order chi connectivity index (χ0) is 12.0. The first-order chi connectivity index (χ1) is 7.74. The van der Waals surface area contributed by atoms with Gasteiger partial charge in [-0.15, -0.1) is 0 Å². The summed E-state index contributed by atoms with van der Waals surface area (Å²) < 4.78 is 2.59. The third-order valence-corrected chi connectivity index (χ3v) is 9.43. The van der Waals surface area contributed by atoms with Crippen molar-refractivity contribution in [2.24, 2.45) is 0 Å². The molecule has 3 heteroatoms. The summed E-state index contributed by atoms with van der Waals surface area (Å²) in [6, 6.07) is 10.2. The van der Waals surface area contributed by atoms with Gasteiger partial charge in [-0.1, -0.05) is 26.8 Å². The molecule has 0 aliphatic carbocycles. The largest absolute Gasteiger partial charge is 0.383 e. The Bertz CT molecular complexity index is 288. The molecule has 0 atom stereocenters. The van der Waals surface area contributed by atoms with Crippen molar-refractivity contribution in [1.29, 1.82) is 0 Å². The highest BCUT2D eigenvalue weighted by atomic mass is 28.3. The highest BCUT2D eigenvalue weighted by Gasteiger charge is 2.34. The minimum absolute atomic E-state index is 1.08. The van der Waals surface area contributed by atoms with Crippen molar-refractivity contribution in [3.8, 4) is 0 Å². The maximum atomic E-state index is 4.52. The van der Waals surface area contributed by atoms with Crippen molar-refractivity contribution in [1.82, 2.24) is 4.98 Å². The van der Waals surface area contributed by atoms with Crippen LogP contribution in [-0.4, -0.2) is 19.8 Å². The quantitative estimate of drug-likeness (QED) is 0.696. The second-order valence-electron chi connectivity index (χ2n) is 4.22. The molecule has 0 radical (unpaired) electrons. The zero-order valence-corrected chi connectivity index (χ0v) is 12.0. The van der Waals surface area contributed by atoms with Gasteiger partial charge in [0.2, 0.25) is 0 Å². The van der Waals surface area contributed by atoms with Gasteiger partial charge in [-0.25, -0.2) is 4.98 Å². The summed E-state index contributed by atoms with van der Waals surface area (Å²) in [7, 11) is -1.32. The normalized spacial score (nSPS) is 11.5. The van der Waals surface area contributed by atoms with Crippen molar-refractivity contribution in [3.63, 3.8) is 0 Å². The second kappa shape index (κ2) is 6.04. The molecule has 0 N–H and O–H groups in total. The third-order valence-electron chi connectivity index (χ3n) is 3.79. The summed E-state index contributed by atoms with van der Waals surface area (Å²) in [5, 5.41) is 0. The van der Waals surface area contributed by atoms with Crippen LogP contribution in [0.25, 0.3) is 0 Å². The highest BCUT2D eigenvalue weighted by Crippen LogP contribution is 2.28. The average Bonchev–Trinajstić information content (AvgIpc) is 2.37. The summed E-state index contributed by atoms with van der Waals surface area (Å²) in [5.41, 5.74) is 0. The van der Waals surface area contributed by atoms with Gasteiger partial charge in [0.05, 0.1) is 0 Å². The van der Waals surface area contributed by atoms with Crippen LogP contribution in [0.4, 0.5) is 5.82 Å². The van der Waals surface area contributed by atoms with E-state index in [1.165, 1.54) is 24.0 Å². The monoisotopic (exact) mass is 236 g/mol. The molecule has 0 unspecified atom stereocenters. The van der Waals surface area contributed by atoms with Gasteiger partial charge in [0.1, 0.15) is 5.82 Å². The standard InChI is InChI=1S/C13H24N2Si/c1-5-15(13-11-9-10-12-14-13)16(6-2,7-3)8-4/h9-12H,5-8H2,1-4H3. The summed E-state index contributed by atoms with van der Waals surface area (Å²) in [6.45, 7) is 10.3. The number of hydrogen-bond donors (Lipinski definition) is 0. The lowest BCUT2D eigenvalue weighted by atomic mass is 10.4. The molecular weight excluding hydrogens is 212 g/mol. The topological polar surface area (TPSA) is 16.1 Å². The lowest BCUT2D eigenvalue weighted by Crippen LogP contribution is -2.52. The molecule has 0 aliphatic heterocycles. The fourth-order valence-electron chi connectivity index (χ4n) is 2.58. The predicted octanol–water partition coefficient (Wildman–Crippen LogP) is 3.91. The molecule has 0 bridgehead atoms. The molecule has 1 aromatic heterocycles. The molecule has 0 saturated carbocycles. The Morgan fingerprint density at radius 3 is 2.06 bits per heavy atom. The van der Waals surface area contributed by atoms with Crippen LogP contribution in [-0.2, 0) is 0 Å². The number of aromatic nitrogens is 1. The molecule has 0 fully saturated rings. The fourth-order valence-corrected chi connectivity index (χ4v) is 6.51. The van der Waals surface area contributed by atoms with E-state index in [0.29, 0.717) is 0 Å². The predicted molar refractivity (Wildman–Crippen MR) is 74.5 cm³/mol. The Morgan fingerprint density at radius 2 is 1.69 bits per heavy atom. The van der Waals surface area contributed by atoms with E-state index in [-0.39, 0.29) is 0 Å². The SMILES string of the molecule is CCN(c1ccccn1)[Si](CC)(CC)CC. The van der Waals surface area contributed by atoms with Gasteiger partial charge in [-0.2, -0.15) is 0 Å². The number of nitrogens with zero attached hydrogens (tertiary/aromatic N) is 2. The Balaban J connectivity index is 3.05. The maximum Gasteiger partial charge on any atom is 0.157 e. The fraction of sp³-hybridized carbons (Fsp3) is 0.615. The van der Waals surface area contributed by atoms with Crippen molar-refractivity contribution < 1.29 is 0 Å². The van der Waals surface area contributed by atoms with Crippen LogP contribution in [0.2, 0.25) is 18.1 Å². The number of anilines is 1. The zero-order valence-electron chi connectivity index (χ0n) is 11.0. The Hall–Kier alpha value is -0.833. The van der Waals surface area contributed by atoms with Gasteiger partial charge >= 0.3 is 0 Å². The van der Waals surface area contributed by atoms with Crippen LogP contribution in [0.15, 0.2) is 24.4 Å². The van der Waals surface area contributed by atoms with Crippen molar-refractivity contribution in [3.05, 3.63) is 24.4 Å². The van der Waals surface area contributed by atoms with Gasteiger partial charge in [0.25, 0.3) is 0 Å². The van der Waals surface area contributed by atoms with Crippen LogP contribution in [0.5, 0.6) is 0 Å². The molecule has 1 heterocycles. The van der Waals surface area contributed by atoms with Gasteiger partial charge in [0.15, 0.2) is 8.24 Å². The van der Waals surface area contributed by atoms with E-state index in [1.807, 2.05) is 12.3 Å². The minimum Gasteiger partial charge on any atom is -0.383 e. The summed E-state index contributed by atoms with van der Waals surface area (Å²) in [4.78, 5) is 4.52. The highest BCUT2D eigenvalue weighted by molar-refractivity contribution is 6.83. The number of hydrogen-bond acceptors (Lipinski definition) is 2. The molecule has 0 amide bonds. The van der Waals surface area contributed by atoms with E-state index in [4.69, 9.17) is 0 Å². The molecule has 1 aromatic rings. The Morgan fingerprint density at radius 1 is 1.06 bits per heavy atom. The van der Waals surface area contributed by atoms with E-state index in [1.54, 1.807) is 0 Å². The lowest BCUT2D eigenvalue weighted by molar-refractivity contribution is 0.961. The van der Waals surface area contributed by atoms with E-state index < -0.39 is 8.24 Å². The molecule has 2 nitrogen and oxygen atoms in total. The number of rotatable bonds is 6. The van der Waals surface area contributed by atoms with E-state index in [2.05, 4.69) is 49.4 Å². The van der Waals surface area contributed by atoms with Crippen LogP contribution in [0.1, 0.15) is 27.7 Å². The van der Waals surface area contributed by atoms with Crippen molar-refractivity contribution in [2.45, 2.75) is 45.8 Å². The summed E-state index contributed by atoms with van der Waals surface area (Å²) in [6.07, 6.45) is 1.90. The van der Waals surface area contributed by atoms with E-state index in [0.717, 1.165) is 6.54 Å². The first-order valence-corrected chi connectivity index (χ1v) is 8.99. The molecule has 90 valence electrons. The molecule has 0 aromatic carbocycles. The van der Waals surface area contributed by atoms with E-state index >= 15 is 0 Å². The van der Waals surface area contributed by atoms with Crippen LogP contribution in [0, 0.1) is 0 Å². The van der Waals surface area contributed by atoms with Gasteiger partial charge in [0, 0.05) is 12.7 Å². The van der Waals surface area contributed by atoms with Crippen molar-refractivity contribution in [2.75, 3.05) is 11.1 Å². The summed E-state index contributed by atoms with van der Waals surface area (Å²) in [5.74, 6) is 1.17. The Kier molecular flexibility index (Phi) is 4.99. The average molecular weight is 236 g/mol. The van der Waals surface area contributed by atoms with Crippen LogP contribution < -0.4 is 4.57 Å². The molecule has 1 rings (SSSR count). The molecule has 0 saturated heterocycles. The maximum absolute atomic E-state index is 4.52. The molecular formula is C13H24N2Si. The minimum atomic E-state index is -1.32. The van der Waals surface area contributed by atoms with Gasteiger partial charge in [-0.3, -0.25) is 0 Å². The van der Waals surface area contributed by atoms with Gasteiger partial charge in [-0.05, 0) is 37.2 Å². The first-order valence-electron chi connectivity index (χ1n) is 6.42. The Labute approximate surface area is 101 Å².